The molecule has 0 aromatic heterocycles. The van der Waals surface area contributed by atoms with E-state index in [1.807, 2.05) is 0 Å². The molecule has 0 bridgehead atoms. The molecule has 0 saturated heterocycles. The van der Waals surface area contributed by atoms with Crippen molar-refractivity contribution in [2.45, 2.75) is 6.42 Å². The molecule has 1 rings (SSSR count). The highest BCUT2D eigenvalue weighted by molar-refractivity contribution is 6.31. The van der Waals surface area contributed by atoms with Crippen LogP contribution < -0.4 is 4.74 Å². The first-order valence-electron chi connectivity index (χ1n) is 4.21. The van der Waals surface area contributed by atoms with Crippen LogP contribution in [0.3, 0.4) is 0 Å². The van der Waals surface area contributed by atoms with Crippen molar-refractivity contribution in [3.8, 4) is 5.75 Å². The van der Waals surface area contributed by atoms with Crippen LogP contribution in [-0.2, 0) is 11.2 Å². The summed E-state index contributed by atoms with van der Waals surface area (Å²) in [7, 11) is 0. The van der Waals surface area contributed by atoms with Gasteiger partial charge in [0, 0.05) is 11.4 Å². The van der Waals surface area contributed by atoms with Gasteiger partial charge in [-0.3, -0.25) is 4.79 Å². The molecule has 1 aromatic carbocycles. The predicted octanol–water partition coefficient (Wildman–Crippen LogP) is 3.00. The van der Waals surface area contributed by atoms with Crippen LogP contribution in [0.4, 0.5) is 4.39 Å². The Balaban J connectivity index is 2.83. The van der Waals surface area contributed by atoms with Gasteiger partial charge in [0.25, 0.3) is 0 Å². The maximum absolute atomic E-state index is 11.9. The molecule has 0 amide bonds. The highest BCUT2D eigenvalue weighted by Crippen LogP contribution is 2.21. The Bertz CT molecular complexity index is 355. The second kappa shape index (κ2) is 5.93. The Morgan fingerprint density at radius 2 is 2.13 bits per heavy atom. The van der Waals surface area contributed by atoms with Crippen molar-refractivity contribution in [2.24, 2.45) is 0 Å². The summed E-state index contributed by atoms with van der Waals surface area (Å²) in [5, 5.41) is 0.401. The Kier molecular flexibility index (Phi) is 4.85. The first kappa shape index (κ1) is 12.3. The van der Waals surface area contributed by atoms with Gasteiger partial charge in [0.1, 0.15) is 5.75 Å². The second-order valence-corrected chi connectivity index (χ2v) is 3.60. The molecule has 0 aliphatic carbocycles. The van der Waals surface area contributed by atoms with Gasteiger partial charge in [-0.2, -0.15) is 0 Å². The van der Waals surface area contributed by atoms with E-state index in [4.69, 9.17) is 23.2 Å². The Hall–Kier alpha value is -0.800. The molecule has 0 atom stereocenters. The van der Waals surface area contributed by atoms with E-state index in [1.165, 1.54) is 6.07 Å². The molecule has 82 valence electrons. The molecular formula is C10H9Cl2FO2. The molecular weight excluding hydrogens is 242 g/mol. The number of ketones is 1. The van der Waals surface area contributed by atoms with Crippen molar-refractivity contribution in [3.05, 3.63) is 28.8 Å². The topological polar surface area (TPSA) is 26.3 Å². The lowest BCUT2D eigenvalue weighted by Crippen LogP contribution is -2.04. The van der Waals surface area contributed by atoms with Crippen molar-refractivity contribution in [2.75, 3.05) is 12.7 Å². The van der Waals surface area contributed by atoms with Crippen LogP contribution in [0.25, 0.3) is 0 Å². The maximum Gasteiger partial charge on any atom is 0.228 e. The first-order valence-corrected chi connectivity index (χ1v) is 5.13. The summed E-state index contributed by atoms with van der Waals surface area (Å²) < 4.78 is 16.6. The van der Waals surface area contributed by atoms with Gasteiger partial charge in [-0.1, -0.05) is 11.6 Å². The lowest BCUT2D eigenvalue weighted by atomic mass is 10.1. The molecule has 1 aromatic rings. The molecule has 0 fully saturated rings. The van der Waals surface area contributed by atoms with E-state index < -0.39 is 6.86 Å². The molecule has 0 spiro atoms. The summed E-state index contributed by atoms with van der Waals surface area (Å²) in [6, 6.07) is 4.67. The minimum absolute atomic E-state index is 0.0498. The minimum atomic E-state index is -0.927. The summed E-state index contributed by atoms with van der Waals surface area (Å²) >= 11 is 11.1. The molecule has 0 aliphatic heterocycles. The van der Waals surface area contributed by atoms with E-state index in [9.17, 15) is 9.18 Å². The number of alkyl halides is 2. The van der Waals surface area contributed by atoms with Crippen LogP contribution in [-0.4, -0.2) is 18.5 Å². The molecule has 2 nitrogen and oxygen atoms in total. The van der Waals surface area contributed by atoms with Crippen LogP contribution in [0, 0.1) is 0 Å². The van der Waals surface area contributed by atoms with E-state index >= 15 is 0 Å². The fourth-order valence-electron chi connectivity index (χ4n) is 1.14. The summed E-state index contributed by atoms with van der Waals surface area (Å²) in [5.74, 6) is 0.138. The highest BCUT2D eigenvalue weighted by Gasteiger charge is 2.05. The Morgan fingerprint density at radius 1 is 1.40 bits per heavy atom. The van der Waals surface area contributed by atoms with Gasteiger partial charge < -0.3 is 4.74 Å². The lowest BCUT2D eigenvalue weighted by molar-refractivity contribution is -0.116. The highest BCUT2D eigenvalue weighted by atomic mass is 35.5. The zero-order chi connectivity index (χ0) is 11.3. The molecule has 0 heterocycles. The number of Topliss-reactive ketones (excluding diaryl/α,β-unsaturated/α-hetero) is 1. The van der Waals surface area contributed by atoms with Gasteiger partial charge >= 0.3 is 0 Å². The fraction of sp³-hybridized carbons (Fsp3) is 0.300. The molecule has 0 aliphatic rings. The minimum Gasteiger partial charge on any atom is -0.463 e. The number of hydrogen-bond donors (Lipinski definition) is 0. The van der Waals surface area contributed by atoms with Gasteiger partial charge in [-0.15, -0.1) is 11.6 Å². The molecule has 0 unspecified atom stereocenters. The van der Waals surface area contributed by atoms with E-state index in [-0.39, 0.29) is 18.1 Å². The van der Waals surface area contributed by atoms with Gasteiger partial charge in [-0.05, 0) is 23.8 Å². The summed E-state index contributed by atoms with van der Waals surface area (Å²) in [6.45, 7) is -0.927. The number of ether oxygens (including phenoxy) is 1. The normalized spacial score (nSPS) is 10.1. The number of rotatable bonds is 5. The molecule has 15 heavy (non-hydrogen) atoms. The largest absolute Gasteiger partial charge is 0.463 e. The van der Waals surface area contributed by atoms with Gasteiger partial charge in [0.2, 0.25) is 6.86 Å². The van der Waals surface area contributed by atoms with Crippen molar-refractivity contribution in [1.82, 2.24) is 0 Å². The summed E-state index contributed by atoms with van der Waals surface area (Å²) in [6.07, 6.45) is 0.173. The fourth-order valence-corrected chi connectivity index (χ4v) is 1.49. The number of hydrogen-bond acceptors (Lipinski definition) is 2. The zero-order valence-electron chi connectivity index (χ0n) is 7.80. The average Bonchev–Trinajstić information content (AvgIpc) is 2.17. The summed E-state index contributed by atoms with van der Waals surface area (Å²) in [5.41, 5.74) is 0.664. The van der Waals surface area contributed by atoms with Crippen molar-refractivity contribution >= 4 is 29.0 Å². The average molecular weight is 251 g/mol. The maximum atomic E-state index is 11.9. The zero-order valence-corrected chi connectivity index (χ0v) is 9.32. The van der Waals surface area contributed by atoms with Gasteiger partial charge in [-0.25, -0.2) is 4.39 Å². The van der Waals surface area contributed by atoms with Crippen LogP contribution in [0.5, 0.6) is 5.75 Å². The Labute approximate surface area is 96.9 Å². The molecule has 0 N–H and O–H groups in total. The van der Waals surface area contributed by atoms with E-state index in [1.54, 1.807) is 12.1 Å². The summed E-state index contributed by atoms with van der Waals surface area (Å²) in [4.78, 5) is 11.1. The van der Waals surface area contributed by atoms with Crippen LogP contribution in [0.1, 0.15) is 5.56 Å². The third-order valence-electron chi connectivity index (χ3n) is 1.70. The number of halogens is 3. The predicted molar refractivity (Wildman–Crippen MR) is 57.5 cm³/mol. The van der Waals surface area contributed by atoms with Crippen molar-refractivity contribution in [1.29, 1.82) is 0 Å². The number of carbonyl (C=O) groups excluding carboxylic acids is 1. The van der Waals surface area contributed by atoms with Gasteiger partial charge in [0.05, 0.1) is 5.88 Å². The molecule has 0 radical (unpaired) electrons. The van der Waals surface area contributed by atoms with Crippen LogP contribution >= 0.6 is 23.2 Å². The first-order chi connectivity index (χ1) is 7.15. The van der Waals surface area contributed by atoms with Crippen LogP contribution in [0.2, 0.25) is 5.02 Å². The quantitative estimate of drug-likeness (QED) is 0.752. The third kappa shape index (κ3) is 4.06. The molecule has 5 heteroatoms. The van der Waals surface area contributed by atoms with Crippen LogP contribution in [0.15, 0.2) is 18.2 Å². The van der Waals surface area contributed by atoms with E-state index in [2.05, 4.69) is 4.74 Å². The number of carbonyl (C=O) groups is 1. The number of benzene rings is 1. The SMILES string of the molecule is O=C(CCl)Cc1cc(Cl)cc(OCF)c1. The van der Waals surface area contributed by atoms with Crippen molar-refractivity contribution in [3.63, 3.8) is 0 Å². The van der Waals surface area contributed by atoms with Gasteiger partial charge in [0.15, 0.2) is 5.78 Å². The third-order valence-corrected chi connectivity index (χ3v) is 2.22. The van der Waals surface area contributed by atoms with E-state index in [0.29, 0.717) is 16.3 Å². The second-order valence-electron chi connectivity index (χ2n) is 2.90. The molecule has 0 saturated carbocycles. The standard InChI is InChI=1S/C10H9Cl2FO2/c11-5-9(14)2-7-1-8(12)4-10(3-7)15-6-13/h1,3-4H,2,5-6H2. The smallest absolute Gasteiger partial charge is 0.228 e. The lowest BCUT2D eigenvalue weighted by Gasteiger charge is -2.05. The Morgan fingerprint density at radius 3 is 2.73 bits per heavy atom. The van der Waals surface area contributed by atoms with E-state index in [0.717, 1.165) is 0 Å². The monoisotopic (exact) mass is 250 g/mol. The van der Waals surface area contributed by atoms with Crippen molar-refractivity contribution < 1.29 is 13.9 Å².